The molecule has 0 aliphatic heterocycles. The van der Waals surface area contributed by atoms with Gasteiger partial charge in [0.2, 0.25) is 5.91 Å². The van der Waals surface area contributed by atoms with Gasteiger partial charge in [-0.05, 0) is 48.2 Å². The molecule has 0 saturated heterocycles. The normalized spacial score (nSPS) is 15.7. The molecule has 20 heavy (non-hydrogen) atoms. The minimum Gasteiger partial charge on any atom is -0.351 e. The van der Waals surface area contributed by atoms with Gasteiger partial charge in [-0.2, -0.15) is 0 Å². The molecule has 1 aromatic heterocycles. The number of benzene rings is 1. The molecule has 1 aromatic carbocycles. The Morgan fingerprint density at radius 1 is 1.15 bits per heavy atom. The number of hydrogen-bond acceptors (Lipinski definition) is 2. The predicted molar refractivity (Wildman–Crippen MR) is 73.4 cm³/mol. The molecule has 0 bridgehead atoms. The van der Waals surface area contributed by atoms with Crippen molar-refractivity contribution in [3.05, 3.63) is 65.7 Å². The van der Waals surface area contributed by atoms with E-state index in [1.165, 1.54) is 12.1 Å². The van der Waals surface area contributed by atoms with Gasteiger partial charge >= 0.3 is 0 Å². The van der Waals surface area contributed by atoms with Gasteiger partial charge in [0.05, 0.1) is 5.41 Å². The first-order chi connectivity index (χ1) is 9.71. The van der Waals surface area contributed by atoms with E-state index in [1.807, 2.05) is 12.1 Å². The Hall–Kier alpha value is -2.23. The van der Waals surface area contributed by atoms with Crippen LogP contribution in [-0.4, -0.2) is 10.9 Å². The molecule has 0 unspecified atom stereocenters. The van der Waals surface area contributed by atoms with Gasteiger partial charge in [0, 0.05) is 18.9 Å². The highest BCUT2D eigenvalue weighted by Crippen LogP contribution is 2.48. The van der Waals surface area contributed by atoms with Crippen LogP contribution in [0.5, 0.6) is 0 Å². The van der Waals surface area contributed by atoms with E-state index < -0.39 is 5.41 Å². The molecule has 0 atom stereocenters. The molecule has 1 aliphatic carbocycles. The van der Waals surface area contributed by atoms with E-state index >= 15 is 0 Å². The second-order valence-electron chi connectivity index (χ2n) is 5.13. The number of halogens is 1. The summed E-state index contributed by atoms with van der Waals surface area (Å²) in [5, 5.41) is 2.95. The van der Waals surface area contributed by atoms with Crippen LogP contribution in [0.2, 0.25) is 0 Å². The lowest BCUT2D eigenvalue weighted by Gasteiger charge is -2.15. The summed E-state index contributed by atoms with van der Waals surface area (Å²) in [5.41, 5.74) is 1.45. The Bertz CT molecular complexity index is 606. The van der Waals surface area contributed by atoms with E-state index in [0.717, 1.165) is 24.0 Å². The molecule has 1 aliphatic rings. The fraction of sp³-hybridized carbons (Fsp3) is 0.250. The maximum Gasteiger partial charge on any atom is 0.230 e. The first kappa shape index (κ1) is 12.8. The van der Waals surface area contributed by atoms with Gasteiger partial charge in [-0.15, -0.1) is 0 Å². The highest BCUT2D eigenvalue weighted by Gasteiger charge is 2.51. The summed E-state index contributed by atoms with van der Waals surface area (Å²) in [6.07, 6.45) is 5.05. The molecule has 1 amide bonds. The van der Waals surface area contributed by atoms with E-state index in [1.54, 1.807) is 24.5 Å². The summed E-state index contributed by atoms with van der Waals surface area (Å²) in [6, 6.07) is 9.97. The van der Waals surface area contributed by atoms with Crippen molar-refractivity contribution in [2.45, 2.75) is 24.8 Å². The van der Waals surface area contributed by atoms with Crippen molar-refractivity contribution < 1.29 is 9.18 Å². The van der Waals surface area contributed by atoms with Crippen molar-refractivity contribution in [2.75, 3.05) is 0 Å². The first-order valence-electron chi connectivity index (χ1n) is 6.64. The SMILES string of the molecule is O=C(NCc1ccncc1)C1(c2ccc(F)cc2)CC1. The van der Waals surface area contributed by atoms with Crippen LogP contribution in [0, 0.1) is 5.82 Å². The molecule has 3 nitrogen and oxygen atoms in total. The fourth-order valence-electron chi connectivity index (χ4n) is 2.39. The van der Waals surface area contributed by atoms with Crippen LogP contribution in [0.1, 0.15) is 24.0 Å². The number of rotatable bonds is 4. The van der Waals surface area contributed by atoms with Crippen molar-refractivity contribution in [1.82, 2.24) is 10.3 Å². The number of aromatic nitrogens is 1. The number of nitrogens with zero attached hydrogens (tertiary/aromatic N) is 1. The van der Waals surface area contributed by atoms with E-state index in [0.29, 0.717) is 6.54 Å². The Labute approximate surface area is 116 Å². The van der Waals surface area contributed by atoms with Gasteiger partial charge in [-0.1, -0.05) is 12.1 Å². The number of pyridine rings is 1. The second-order valence-corrected chi connectivity index (χ2v) is 5.13. The minimum absolute atomic E-state index is 0.0147. The van der Waals surface area contributed by atoms with Gasteiger partial charge in [0.25, 0.3) is 0 Å². The van der Waals surface area contributed by atoms with E-state index in [-0.39, 0.29) is 11.7 Å². The Kier molecular flexibility index (Phi) is 3.22. The van der Waals surface area contributed by atoms with Crippen LogP contribution in [0.25, 0.3) is 0 Å². The molecular weight excluding hydrogens is 255 g/mol. The molecular formula is C16H15FN2O. The zero-order valence-electron chi connectivity index (χ0n) is 11.0. The number of amides is 1. The van der Waals surface area contributed by atoms with E-state index in [9.17, 15) is 9.18 Å². The predicted octanol–water partition coefficient (Wildman–Crippen LogP) is 2.57. The topological polar surface area (TPSA) is 42.0 Å². The van der Waals surface area contributed by atoms with Crippen molar-refractivity contribution in [2.24, 2.45) is 0 Å². The number of nitrogens with one attached hydrogen (secondary N) is 1. The lowest BCUT2D eigenvalue weighted by atomic mass is 9.95. The maximum absolute atomic E-state index is 13.0. The van der Waals surface area contributed by atoms with Crippen LogP contribution in [0.4, 0.5) is 4.39 Å². The van der Waals surface area contributed by atoms with Crippen molar-refractivity contribution >= 4 is 5.91 Å². The third-order valence-corrected chi connectivity index (χ3v) is 3.78. The molecule has 102 valence electrons. The summed E-state index contributed by atoms with van der Waals surface area (Å²) in [4.78, 5) is 16.3. The lowest BCUT2D eigenvalue weighted by Crippen LogP contribution is -2.34. The van der Waals surface area contributed by atoms with Crippen molar-refractivity contribution in [3.8, 4) is 0 Å². The summed E-state index contributed by atoms with van der Waals surface area (Å²) >= 11 is 0. The zero-order chi connectivity index (χ0) is 14.0. The smallest absolute Gasteiger partial charge is 0.230 e. The standard InChI is InChI=1S/C16H15FN2O/c17-14-3-1-13(2-4-14)16(7-8-16)15(20)19-11-12-5-9-18-10-6-12/h1-6,9-10H,7-8,11H2,(H,19,20). The Balaban J connectivity index is 1.69. The molecule has 2 aromatic rings. The van der Waals surface area contributed by atoms with Crippen LogP contribution in [0.3, 0.4) is 0 Å². The van der Waals surface area contributed by atoms with Crippen molar-refractivity contribution in [3.63, 3.8) is 0 Å². The monoisotopic (exact) mass is 270 g/mol. The minimum atomic E-state index is -0.458. The maximum atomic E-state index is 13.0. The average Bonchev–Trinajstić information content (AvgIpc) is 3.28. The van der Waals surface area contributed by atoms with Crippen molar-refractivity contribution in [1.29, 1.82) is 0 Å². The summed E-state index contributed by atoms with van der Waals surface area (Å²) in [5.74, 6) is -0.261. The highest BCUT2D eigenvalue weighted by molar-refractivity contribution is 5.91. The quantitative estimate of drug-likeness (QED) is 0.927. The second kappa shape index (κ2) is 5.04. The highest BCUT2D eigenvalue weighted by atomic mass is 19.1. The molecule has 3 rings (SSSR count). The van der Waals surface area contributed by atoms with Gasteiger partial charge in [-0.3, -0.25) is 9.78 Å². The van der Waals surface area contributed by atoms with Crippen LogP contribution in [-0.2, 0) is 16.8 Å². The third-order valence-electron chi connectivity index (χ3n) is 3.78. The Morgan fingerprint density at radius 3 is 2.40 bits per heavy atom. The number of hydrogen-bond donors (Lipinski definition) is 1. The number of carbonyl (C=O) groups is 1. The summed E-state index contributed by atoms with van der Waals surface area (Å²) in [7, 11) is 0. The van der Waals surface area contributed by atoms with Gasteiger partial charge in [-0.25, -0.2) is 4.39 Å². The van der Waals surface area contributed by atoms with Crippen LogP contribution in [0.15, 0.2) is 48.8 Å². The van der Waals surface area contributed by atoms with Crippen LogP contribution < -0.4 is 5.32 Å². The van der Waals surface area contributed by atoms with Gasteiger partial charge in [0.1, 0.15) is 5.82 Å². The van der Waals surface area contributed by atoms with E-state index in [4.69, 9.17) is 0 Å². The molecule has 1 fully saturated rings. The molecule has 0 spiro atoms. The largest absolute Gasteiger partial charge is 0.351 e. The molecule has 1 heterocycles. The summed E-state index contributed by atoms with van der Waals surface area (Å²) in [6.45, 7) is 0.490. The third kappa shape index (κ3) is 2.41. The number of carbonyl (C=O) groups excluding carboxylic acids is 1. The first-order valence-corrected chi connectivity index (χ1v) is 6.64. The summed E-state index contributed by atoms with van der Waals surface area (Å²) < 4.78 is 13.0. The Morgan fingerprint density at radius 2 is 1.80 bits per heavy atom. The fourth-order valence-corrected chi connectivity index (χ4v) is 2.39. The van der Waals surface area contributed by atoms with E-state index in [2.05, 4.69) is 10.3 Å². The molecule has 1 saturated carbocycles. The molecule has 4 heteroatoms. The van der Waals surface area contributed by atoms with Crippen LogP contribution >= 0.6 is 0 Å². The molecule has 0 radical (unpaired) electrons. The zero-order valence-corrected chi connectivity index (χ0v) is 11.0. The van der Waals surface area contributed by atoms with Gasteiger partial charge in [0.15, 0.2) is 0 Å². The average molecular weight is 270 g/mol. The molecule has 1 N–H and O–H groups in total. The van der Waals surface area contributed by atoms with Gasteiger partial charge < -0.3 is 5.32 Å². The lowest BCUT2D eigenvalue weighted by molar-refractivity contribution is -0.123.